The van der Waals surface area contributed by atoms with Crippen LogP contribution < -0.4 is 0 Å². The average molecular weight is 144 g/mol. The SMILES string of the molecule is CC(=O)CC(O)CC(C)C. The van der Waals surface area contributed by atoms with Gasteiger partial charge in [0, 0.05) is 6.42 Å². The number of hydrogen-bond donors (Lipinski definition) is 1. The predicted molar refractivity (Wildman–Crippen MR) is 40.8 cm³/mol. The third-order valence-corrected chi connectivity index (χ3v) is 1.27. The zero-order valence-electron chi connectivity index (χ0n) is 6.92. The Labute approximate surface area is 62.2 Å². The summed E-state index contributed by atoms with van der Waals surface area (Å²) in [5, 5.41) is 9.17. The molecule has 0 saturated heterocycles. The third-order valence-electron chi connectivity index (χ3n) is 1.27. The molecule has 1 atom stereocenters. The Balaban J connectivity index is 3.43. The van der Waals surface area contributed by atoms with Gasteiger partial charge in [0.1, 0.15) is 5.78 Å². The monoisotopic (exact) mass is 144 g/mol. The number of carbonyl (C=O) groups excluding carboxylic acids is 1. The maximum atomic E-state index is 10.5. The van der Waals surface area contributed by atoms with Gasteiger partial charge in [0.25, 0.3) is 0 Å². The van der Waals surface area contributed by atoms with Gasteiger partial charge in [-0.1, -0.05) is 13.8 Å². The van der Waals surface area contributed by atoms with E-state index in [1.807, 2.05) is 13.8 Å². The molecule has 0 fully saturated rings. The van der Waals surface area contributed by atoms with Crippen molar-refractivity contribution in [2.75, 3.05) is 0 Å². The Bertz CT molecular complexity index is 108. The van der Waals surface area contributed by atoms with E-state index >= 15 is 0 Å². The minimum Gasteiger partial charge on any atom is -0.393 e. The molecule has 2 heteroatoms. The predicted octanol–water partition coefficient (Wildman–Crippen LogP) is 1.37. The number of ketones is 1. The summed E-state index contributed by atoms with van der Waals surface area (Å²) < 4.78 is 0. The number of carbonyl (C=O) groups is 1. The zero-order valence-corrected chi connectivity index (χ0v) is 6.92. The molecule has 60 valence electrons. The minimum atomic E-state index is -0.433. The lowest BCUT2D eigenvalue weighted by molar-refractivity contribution is -0.119. The molecule has 0 rings (SSSR count). The van der Waals surface area contributed by atoms with Gasteiger partial charge in [0.05, 0.1) is 6.10 Å². The summed E-state index contributed by atoms with van der Waals surface area (Å²) in [5.41, 5.74) is 0. The van der Waals surface area contributed by atoms with Gasteiger partial charge in [-0.3, -0.25) is 4.79 Å². The Morgan fingerprint density at radius 1 is 1.50 bits per heavy atom. The molecule has 0 radical (unpaired) electrons. The van der Waals surface area contributed by atoms with Crippen LogP contribution in [0.5, 0.6) is 0 Å². The maximum absolute atomic E-state index is 10.5. The van der Waals surface area contributed by atoms with E-state index in [0.717, 1.165) is 6.42 Å². The third kappa shape index (κ3) is 5.76. The second-order valence-electron chi connectivity index (χ2n) is 3.19. The smallest absolute Gasteiger partial charge is 0.132 e. The molecule has 0 bridgehead atoms. The fourth-order valence-corrected chi connectivity index (χ4v) is 0.959. The summed E-state index contributed by atoms with van der Waals surface area (Å²) in [6.45, 7) is 5.57. The number of aliphatic hydroxyl groups is 1. The lowest BCUT2D eigenvalue weighted by Gasteiger charge is -2.09. The lowest BCUT2D eigenvalue weighted by atomic mass is 10.0. The molecule has 0 aromatic carbocycles. The maximum Gasteiger partial charge on any atom is 0.132 e. The van der Waals surface area contributed by atoms with Crippen LogP contribution in [0.3, 0.4) is 0 Å². The van der Waals surface area contributed by atoms with Crippen LogP contribution in [0.4, 0.5) is 0 Å². The molecule has 0 spiro atoms. The highest BCUT2D eigenvalue weighted by atomic mass is 16.3. The molecular formula is C8H16O2. The van der Waals surface area contributed by atoms with Crippen LogP contribution in [0.1, 0.15) is 33.6 Å². The summed E-state index contributed by atoms with van der Waals surface area (Å²) in [6.07, 6.45) is 0.593. The lowest BCUT2D eigenvalue weighted by Crippen LogP contribution is -2.13. The van der Waals surface area contributed by atoms with E-state index in [1.54, 1.807) is 0 Å². The van der Waals surface area contributed by atoms with Crippen LogP contribution in [-0.4, -0.2) is 17.0 Å². The summed E-state index contributed by atoms with van der Waals surface area (Å²) >= 11 is 0. The first-order valence-corrected chi connectivity index (χ1v) is 3.70. The number of aliphatic hydroxyl groups excluding tert-OH is 1. The van der Waals surface area contributed by atoms with Crippen molar-refractivity contribution in [3.63, 3.8) is 0 Å². The molecule has 0 saturated carbocycles. The van der Waals surface area contributed by atoms with Crippen LogP contribution in [0.2, 0.25) is 0 Å². The Morgan fingerprint density at radius 3 is 2.30 bits per heavy atom. The second-order valence-corrected chi connectivity index (χ2v) is 3.19. The van der Waals surface area contributed by atoms with E-state index in [0.29, 0.717) is 12.3 Å². The highest BCUT2D eigenvalue weighted by Gasteiger charge is 2.08. The van der Waals surface area contributed by atoms with E-state index in [9.17, 15) is 4.79 Å². The first-order chi connectivity index (χ1) is 4.52. The van der Waals surface area contributed by atoms with Crippen molar-refractivity contribution >= 4 is 5.78 Å². The molecule has 0 aliphatic carbocycles. The van der Waals surface area contributed by atoms with E-state index < -0.39 is 6.10 Å². The largest absolute Gasteiger partial charge is 0.393 e. The second kappa shape index (κ2) is 4.45. The molecule has 0 aliphatic rings. The van der Waals surface area contributed by atoms with Gasteiger partial charge in [-0.2, -0.15) is 0 Å². The van der Waals surface area contributed by atoms with E-state index in [-0.39, 0.29) is 5.78 Å². The summed E-state index contributed by atoms with van der Waals surface area (Å²) in [7, 11) is 0. The number of Topliss-reactive ketones (excluding diaryl/α,β-unsaturated/α-hetero) is 1. The first-order valence-electron chi connectivity index (χ1n) is 3.70. The van der Waals surface area contributed by atoms with Crippen molar-refractivity contribution < 1.29 is 9.90 Å². The van der Waals surface area contributed by atoms with Gasteiger partial charge < -0.3 is 5.11 Å². The van der Waals surface area contributed by atoms with E-state index in [4.69, 9.17) is 5.11 Å². The van der Waals surface area contributed by atoms with Gasteiger partial charge in [0.15, 0.2) is 0 Å². The van der Waals surface area contributed by atoms with Gasteiger partial charge >= 0.3 is 0 Å². The van der Waals surface area contributed by atoms with Crippen LogP contribution >= 0.6 is 0 Å². The summed E-state index contributed by atoms with van der Waals surface area (Å²) in [5.74, 6) is 0.530. The molecule has 2 nitrogen and oxygen atoms in total. The average Bonchev–Trinajstić information content (AvgIpc) is 1.58. The molecule has 10 heavy (non-hydrogen) atoms. The highest BCUT2D eigenvalue weighted by Crippen LogP contribution is 2.07. The highest BCUT2D eigenvalue weighted by molar-refractivity contribution is 5.75. The Hall–Kier alpha value is -0.370. The molecule has 0 aliphatic heterocycles. The van der Waals surface area contributed by atoms with Crippen molar-refractivity contribution in [1.29, 1.82) is 0 Å². The fraction of sp³-hybridized carbons (Fsp3) is 0.875. The number of rotatable bonds is 4. The van der Waals surface area contributed by atoms with Crippen LogP contribution in [0.25, 0.3) is 0 Å². The normalized spacial score (nSPS) is 13.7. The van der Waals surface area contributed by atoms with Gasteiger partial charge in [-0.05, 0) is 19.3 Å². The molecule has 1 N–H and O–H groups in total. The minimum absolute atomic E-state index is 0.0631. The Kier molecular flexibility index (Phi) is 4.28. The summed E-state index contributed by atoms with van der Waals surface area (Å²) in [6, 6.07) is 0. The number of hydrogen-bond acceptors (Lipinski definition) is 2. The first kappa shape index (κ1) is 9.63. The molecule has 0 heterocycles. The summed E-state index contributed by atoms with van der Waals surface area (Å²) in [4.78, 5) is 10.5. The van der Waals surface area contributed by atoms with Gasteiger partial charge in [-0.15, -0.1) is 0 Å². The van der Waals surface area contributed by atoms with E-state index in [1.165, 1.54) is 6.92 Å². The Morgan fingerprint density at radius 2 is 2.00 bits per heavy atom. The van der Waals surface area contributed by atoms with Crippen molar-refractivity contribution in [2.45, 2.75) is 39.7 Å². The van der Waals surface area contributed by atoms with E-state index in [2.05, 4.69) is 0 Å². The van der Waals surface area contributed by atoms with Crippen molar-refractivity contribution in [3.8, 4) is 0 Å². The van der Waals surface area contributed by atoms with Crippen molar-refractivity contribution in [1.82, 2.24) is 0 Å². The van der Waals surface area contributed by atoms with Crippen LogP contribution in [0.15, 0.2) is 0 Å². The molecule has 0 aromatic heterocycles. The van der Waals surface area contributed by atoms with Crippen LogP contribution in [-0.2, 0) is 4.79 Å². The topological polar surface area (TPSA) is 37.3 Å². The fourth-order valence-electron chi connectivity index (χ4n) is 0.959. The van der Waals surface area contributed by atoms with Crippen molar-refractivity contribution in [3.05, 3.63) is 0 Å². The molecule has 0 aromatic rings. The molecule has 1 unspecified atom stereocenters. The van der Waals surface area contributed by atoms with Crippen molar-refractivity contribution in [2.24, 2.45) is 5.92 Å². The standard InChI is InChI=1S/C8H16O2/c1-6(2)4-8(10)5-7(3)9/h6,8,10H,4-5H2,1-3H3. The zero-order chi connectivity index (χ0) is 8.15. The van der Waals surface area contributed by atoms with Gasteiger partial charge in [-0.25, -0.2) is 0 Å². The molecule has 0 amide bonds. The quantitative estimate of drug-likeness (QED) is 0.647. The van der Waals surface area contributed by atoms with Crippen LogP contribution in [0, 0.1) is 5.92 Å². The molecular weight excluding hydrogens is 128 g/mol. The van der Waals surface area contributed by atoms with Gasteiger partial charge in [0.2, 0.25) is 0 Å².